The lowest BCUT2D eigenvalue weighted by Gasteiger charge is -2.17. The molecular formula is C26H23BrN2O4S. The van der Waals surface area contributed by atoms with Gasteiger partial charge in [-0.05, 0) is 41.5 Å². The van der Waals surface area contributed by atoms with Gasteiger partial charge in [0.1, 0.15) is 11.7 Å². The first-order valence-corrected chi connectivity index (χ1v) is 12.4. The molecule has 2 amide bonds. The van der Waals surface area contributed by atoms with Gasteiger partial charge in [-0.25, -0.2) is 4.79 Å². The molecule has 174 valence electrons. The van der Waals surface area contributed by atoms with Gasteiger partial charge in [0.25, 0.3) is 11.8 Å². The summed E-state index contributed by atoms with van der Waals surface area (Å²) in [5.74, 6) is -1.50. The van der Waals surface area contributed by atoms with Gasteiger partial charge in [-0.15, -0.1) is 0 Å². The minimum Gasteiger partial charge on any atom is -0.480 e. The second-order valence-corrected chi connectivity index (χ2v) is 9.24. The Morgan fingerprint density at radius 2 is 1.53 bits per heavy atom. The van der Waals surface area contributed by atoms with Crippen LogP contribution in [0.25, 0.3) is 6.08 Å². The fourth-order valence-electron chi connectivity index (χ4n) is 2.95. The number of carboxylic acids is 1. The number of rotatable bonds is 10. The number of aliphatic carboxylic acids is 1. The molecule has 3 aromatic rings. The molecule has 34 heavy (non-hydrogen) atoms. The summed E-state index contributed by atoms with van der Waals surface area (Å²) in [5, 5.41) is 14.8. The van der Waals surface area contributed by atoms with Crippen LogP contribution in [0, 0.1) is 0 Å². The Bertz CT molecular complexity index is 1150. The molecule has 1 atom stereocenters. The van der Waals surface area contributed by atoms with Crippen molar-refractivity contribution < 1.29 is 19.5 Å². The summed E-state index contributed by atoms with van der Waals surface area (Å²) < 4.78 is 0.866. The fourth-order valence-corrected chi connectivity index (χ4v) is 4.22. The van der Waals surface area contributed by atoms with E-state index >= 15 is 0 Å². The van der Waals surface area contributed by atoms with Crippen LogP contribution in [0.5, 0.6) is 0 Å². The number of thioether (sulfide) groups is 1. The Kier molecular flexibility index (Phi) is 9.49. The van der Waals surface area contributed by atoms with E-state index in [2.05, 4.69) is 26.6 Å². The maximum Gasteiger partial charge on any atom is 0.327 e. The van der Waals surface area contributed by atoms with Gasteiger partial charge in [0.05, 0.1) is 0 Å². The highest BCUT2D eigenvalue weighted by atomic mass is 79.9. The number of carboxylic acid groups (broad SMARTS) is 1. The molecule has 0 unspecified atom stereocenters. The van der Waals surface area contributed by atoms with Gasteiger partial charge >= 0.3 is 5.97 Å². The summed E-state index contributed by atoms with van der Waals surface area (Å²) in [6, 6.07) is 24.2. The number of amides is 2. The summed E-state index contributed by atoms with van der Waals surface area (Å²) in [6.45, 7) is 0. The standard InChI is InChI=1S/C26H23BrN2O4S/c27-21-13-11-18(12-14-21)15-22(28-24(30)20-9-5-2-6-10-20)25(31)29-23(26(32)33)17-34-16-19-7-3-1-4-8-19/h1-15,23H,16-17H2,(H,28,30)(H,29,31)(H,32,33)/b22-15-/t23-/m0/s1. The first-order valence-electron chi connectivity index (χ1n) is 10.4. The van der Waals surface area contributed by atoms with Crippen LogP contribution in [-0.2, 0) is 15.3 Å². The minimum absolute atomic E-state index is 0.0458. The van der Waals surface area contributed by atoms with Crippen molar-refractivity contribution in [3.63, 3.8) is 0 Å². The lowest BCUT2D eigenvalue weighted by molar-refractivity contribution is -0.140. The van der Waals surface area contributed by atoms with Gasteiger partial charge in [-0.1, -0.05) is 76.6 Å². The average Bonchev–Trinajstić information content (AvgIpc) is 2.85. The lowest BCUT2D eigenvalue weighted by atomic mass is 10.1. The van der Waals surface area contributed by atoms with Gasteiger partial charge in [-0.3, -0.25) is 9.59 Å². The van der Waals surface area contributed by atoms with Crippen molar-refractivity contribution in [2.45, 2.75) is 11.8 Å². The topological polar surface area (TPSA) is 95.5 Å². The molecule has 0 saturated carbocycles. The van der Waals surface area contributed by atoms with Gasteiger partial charge < -0.3 is 15.7 Å². The molecule has 3 aromatic carbocycles. The van der Waals surface area contributed by atoms with Crippen LogP contribution in [0.15, 0.2) is 95.1 Å². The van der Waals surface area contributed by atoms with Crippen molar-refractivity contribution in [3.8, 4) is 0 Å². The largest absolute Gasteiger partial charge is 0.480 e. The third kappa shape index (κ3) is 7.90. The number of carbonyl (C=O) groups excluding carboxylic acids is 2. The maximum absolute atomic E-state index is 13.1. The van der Waals surface area contributed by atoms with Gasteiger partial charge in [0.15, 0.2) is 0 Å². The average molecular weight is 539 g/mol. The highest BCUT2D eigenvalue weighted by Crippen LogP contribution is 2.15. The molecule has 8 heteroatoms. The first kappa shape index (κ1) is 25.3. The molecular weight excluding hydrogens is 516 g/mol. The van der Waals surface area contributed by atoms with Crippen molar-refractivity contribution in [2.75, 3.05) is 5.75 Å². The van der Waals surface area contributed by atoms with Crippen molar-refractivity contribution in [3.05, 3.63) is 112 Å². The Morgan fingerprint density at radius 1 is 0.912 bits per heavy atom. The van der Waals surface area contributed by atoms with Crippen LogP contribution in [0.2, 0.25) is 0 Å². The molecule has 3 N–H and O–H groups in total. The van der Waals surface area contributed by atoms with Crippen LogP contribution in [0.1, 0.15) is 21.5 Å². The van der Waals surface area contributed by atoms with Crippen LogP contribution in [-0.4, -0.2) is 34.7 Å². The highest BCUT2D eigenvalue weighted by molar-refractivity contribution is 9.10. The molecule has 0 aliphatic rings. The molecule has 0 heterocycles. The lowest BCUT2D eigenvalue weighted by Crippen LogP contribution is -2.45. The predicted molar refractivity (Wildman–Crippen MR) is 138 cm³/mol. The summed E-state index contributed by atoms with van der Waals surface area (Å²) in [7, 11) is 0. The van der Waals surface area contributed by atoms with Crippen LogP contribution in [0.4, 0.5) is 0 Å². The van der Waals surface area contributed by atoms with E-state index in [0.717, 1.165) is 10.0 Å². The second-order valence-electron chi connectivity index (χ2n) is 7.29. The number of hydrogen-bond donors (Lipinski definition) is 3. The summed E-state index contributed by atoms with van der Waals surface area (Å²) >= 11 is 4.77. The monoisotopic (exact) mass is 538 g/mol. The summed E-state index contributed by atoms with van der Waals surface area (Å²) in [5.41, 5.74) is 2.07. The van der Waals surface area contributed by atoms with Gasteiger partial charge in [-0.2, -0.15) is 11.8 Å². The molecule has 0 spiro atoms. The minimum atomic E-state index is -1.15. The first-order chi connectivity index (χ1) is 16.4. The van der Waals surface area contributed by atoms with Gasteiger partial charge in [0.2, 0.25) is 0 Å². The van der Waals surface area contributed by atoms with Crippen LogP contribution >= 0.6 is 27.7 Å². The third-order valence-corrected chi connectivity index (χ3v) is 6.34. The quantitative estimate of drug-likeness (QED) is 0.324. The predicted octanol–water partition coefficient (Wildman–Crippen LogP) is 4.72. The highest BCUT2D eigenvalue weighted by Gasteiger charge is 2.23. The Morgan fingerprint density at radius 3 is 2.15 bits per heavy atom. The molecule has 6 nitrogen and oxygen atoms in total. The zero-order valence-corrected chi connectivity index (χ0v) is 20.5. The van der Waals surface area contributed by atoms with Crippen LogP contribution in [0.3, 0.4) is 0 Å². The van der Waals surface area contributed by atoms with E-state index in [0.29, 0.717) is 16.9 Å². The maximum atomic E-state index is 13.1. The Balaban J connectivity index is 1.74. The van der Waals surface area contributed by atoms with E-state index in [9.17, 15) is 19.5 Å². The van der Waals surface area contributed by atoms with Crippen molar-refractivity contribution in [2.24, 2.45) is 0 Å². The summed E-state index contributed by atoms with van der Waals surface area (Å²) in [6.07, 6.45) is 1.51. The van der Waals surface area contributed by atoms with Crippen molar-refractivity contribution >= 4 is 51.6 Å². The van der Waals surface area contributed by atoms with Gasteiger partial charge in [0, 0.05) is 21.5 Å². The number of nitrogens with one attached hydrogen (secondary N) is 2. The van der Waals surface area contributed by atoms with E-state index < -0.39 is 23.8 Å². The number of carbonyl (C=O) groups is 3. The molecule has 0 bridgehead atoms. The summed E-state index contributed by atoms with van der Waals surface area (Å²) in [4.78, 5) is 37.5. The fraction of sp³-hybridized carbons (Fsp3) is 0.115. The molecule has 0 aromatic heterocycles. The molecule has 3 rings (SSSR count). The molecule has 0 aliphatic heterocycles. The zero-order chi connectivity index (χ0) is 24.3. The number of hydrogen-bond acceptors (Lipinski definition) is 4. The Labute approximate surface area is 210 Å². The van der Waals surface area contributed by atoms with Crippen molar-refractivity contribution in [1.82, 2.24) is 10.6 Å². The van der Waals surface area contributed by atoms with Crippen LogP contribution < -0.4 is 10.6 Å². The molecule has 0 aliphatic carbocycles. The normalized spacial score (nSPS) is 12.0. The SMILES string of the molecule is O=C(N[C@@H](CSCc1ccccc1)C(=O)O)/C(=C/c1ccc(Br)cc1)NC(=O)c1ccccc1. The second kappa shape index (κ2) is 12.8. The van der Waals surface area contributed by atoms with E-state index in [1.54, 1.807) is 54.6 Å². The number of benzene rings is 3. The molecule has 0 radical (unpaired) electrons. The van der Waals surface area contributed by atoms with E-state index in [-0.39, 0.29) is 11.4 Å². The van der Waals surface area contributed by atoms with E-state index in [1.807, 2.05) is 30.3 Å². The van der Waals surface area contributed by atoms with E-state index in [1.165, 1.54) is 17.8 Å². The van der Waals surface area contributed by atoms with E-state index in [4.69, 9.17) is 0 Å². The Hall–Kier alpha value is -3.36. The zero-order valence-electron chi connectivity index (χ0n) is 18.1. The smallest absolute Gasteiger partial charge is 0.327 e. The molecule has 0 saturated heterocycles. The van der Waals surface area contributed by atoms with Crippen molar-refractivity contribution in [1.29, 1.82) is 0 Å². The number of halogens is 1. The molecule has 0 fully saturated rings. The third-order valence-electron chi connectivity index (χ3n) is 4.71.